The van der Waals surface area contributed by atoms with E-state index >= 15 is 0 Å². The highest BCUT2D eigenvalue weighted by Crippen LogP contribution is 2.36. The number of methoxy groups -OCH3 is 1. The van der Waals surface area contributed by atoms with Crippen LogP contribution in [0.5, 0.6) is 11.5 Å². The molecule has 7 nitrogen and oxygen atoms in total. The van der Waals surface area contributed by atoms with Gasteiger partial charge in [-0.05, 0) is 43.7 Å². The predicted molar refractivity (Wildman–Crippen MR) is 126 cm³/mol. The van der Waals surface area contributed by atoms with E-state index in [0.29, 0.717) is 40.0 Å². The molecule has 2 aliphatic rings. The number of hydrogen-bond donors (Lipinski definition) is 1. The van der Waals surface area contributed by atoms with Crippen molar-refractivity contribution >= 4 is 45.6 Å². The van der Waals surface area contributed by atoms with Crippen LogP contribution in [0.4, 0.5) is 11.5 Å². The number of fused-ring (bicyclic) bond motifs is 2. The van der Waals surface area contributed by atoms with Crippen molar-refractivity contribution in [2.75, 3.05) is 38.7 Å². The van der Waals surface area contributed by atoms with Gasteiger partial charge in [0.05, 0.1) is 29.3 Å². The smallest absolute Gasteiger partial charge is 0.163 e. The minimum atomic E-state index is 0.0435. The van der Waals surface area contributed by atoms with Crippen LogP contribution in [-0.4, -0.2) is 60.4 Å². The molecule has 0 saturated carbocycles. The Hall–Kier alpha value is -2.32. The van der Waals surface area contributed by atoms with E-state index in [9.17, 15) is 0 Å². The van der Waals surface area contributed by atoms with Crippen molar-refractivity contribution in [1.82, 2.24) is 14.9 Å². The van der Waals surface area contributed by atoms with Crippen LogP contribution < -0.4 is 14.8 Å². The summed E-state index contributed by atoms with van der Waals surface area (Å²) in [5.74, 6) is 1.87. The van der Waals surface area contributed by atoms with Gasteiger partial charge in [0.1, 0.15) is 24.9 Å². The highest BCUT2D eigenvalue weighted by atomic mass is 35.5. The number of nitrogens with zero attached hydrogens (tertiary/aromatic N) is 3. The molecule has 3 heterocycles. The number of hydrogen-bond acceptors (Lipinski definition) is 7. The molecule has 2 aromatic carbocycles. The maximum atomic E-state index is 6.14. The number of benzene rings is 2. The molecule has 0 amide bonds. The summed E-state index contributed by atoms with van der Waals surface area (Å²) in [6.07, 6.45) is 4.03. The van der Waals surface area contributed by atoms with E-state index < -0.39 is 0 Å². The first-order chi connectivity index (χ1) is 15.6. The van der Waals surface area contributed by atoms with Gasteiger partial charge < -0.3 is 19.5 Å². The molecule has 1 unspecified atom stereocenters. The van der Waals surface area contributed by atoms with Gasteiger partial charge in [-0.15, -0.1) is 0 Å². The Balaban J connectivity index is 1.36. The number of aromatic nitrogens is 2. The summed E-state index contributed by atoms with van der Waals surface area (Å²) < 4.78 is 17.7. The molecule has 168 valence electrons. The number of anilines is 2. The van der Waals surface area contributed by atoms with Crippen molar-refractivity contribution < 1.29 is 14.2 Å². The molecule has 1 aromatic heterocycles. The van der Waals surface area contributed by atoms with Gasteiger partial charge >= 0.3 is 0 Å². The second-order valence-electron chi connectivity index (χ2n) is 8.05. The summed E-state index contributed by atoms with van der Waals surface area (Å²) in [7, 11) is 1.62. The summed E-state index contributed by atoms with van der Waals surface area (Å²) in [6.45, 7) is 3.29. The van der Waals surface area contributed by atoms with E-state index in [1.54, 1.807) is 19.2 Å². The Morgan fingerprint density at radius 1 is 1.16 bits per heavy atom. The van der Waals surface area contributed by atoms with Crippen LogP contribution in [0.1, 0.15) is 12.8 Å². The summed E-state index contributed by atoms with van der Waals surface area (Å²) in [4.78, 5) is 11.3. The van der Waals surface area contributed by atoms with E-state index in [2.05, 4.69) is 20.2 Å². The monoisotopic (exact) mass is 474 g/mol. The lowest BCUT2D eigenvalue weighted by Gasteiger charge is -2.35. The Labute approximate surface area is 196 Å². The minimum Gasteiger partial charge on any atom is -0.493 e. The third kappa shape index (κ3) is 4.43. The molecule has 32 heavy (non-hydrogen) atoms. The number of rotatable bonds is 6. The molecule has 2 fully saturated rings. The molecule has 3 aromatic rings. The first kappa shape index (κ1) is 21.5. The molecule has 0 spiro atoms. The van der Waals surface area contributed by atoms with Crippen molar-refractivity contribution in [3.8, 4) is 11.5 Å². The summed E-state index contributed by atoms with van der Waals surface area (Å²) in [5, 5.41) is 5.04. The Kier molecular flexibility index (Phi) is 6.24. The predicted octanol–water partition coefficient (Wildman–Crippen LogP) is 4.93. The zero-order valence-electron chi connectivity index (χ0n) is 17.7. The highest BCUT2D eigenvalue weighted by Gasteiger charge is 2.32. The molecule has 2 saturated heterocycles. The fraction of sp³-hybridized carbons (Fsp3) is 0.391. The lowest BCUT2D eigenvalue weighted by Crippen LogP contribution is -2.48. The minimum absolute atomic E-state index is 0.0435. The van der Waals surface area contributed by atoms with Gasteiger partial charge in [-0.3, -0.25) is 4.90 Å². The number of halogens is 2. The van der Waals surface area contributed by atoms with Crippen LogP contribution in [0.2, 0.25) is 10.0 Å². The largest absolute Gasteiger partial charge is 0.493 e. The second kappa shape index (κ2) is 9.27. The SMILES string of the molecule is COc1cc2c(Nc3ccc(Cl)c(Cl)c3)ncnc2cc1OCC1CN2CCC[C@H]2CO1. The van der Waals surface area contributed by atoms with E-state index in [-0.39, 0.29) is 6.10 Å². The Morgan fingerprint density at radius 3 is 2.91 bits per heavy atom. The number of ether oxygens (including phenoxy) is 3. The molecule has 2 atom stereocenters. The van der Waals surface area contributed by atoms with Crippen LogP contribution in [0.3, 0.4) is 0 Å². The fourth-order valence-electron chi connectivity index (χ4n) is 4.32. The average Bonchev–Trinajstić information content (AvgIpc) is 3.27. The molecule has 5 rings (SSSR count). The average molecular weight is 475 g/mol. The molecule has 0 aliphatic carbocycles. The van der Waals surface area contributed by atoms with Gasteiger partial charge in [0.2, 0.25) is 0 Å². The fourth-order valence-corrected chi connectivity index (χ4v) is 4.61. The van der Waals surface area contributed by atoms with Gasteiger partial charge in [0.25, 0.3) is 0 Å². The van der Waals surface area contributed by atoms with Gasteiger partial charge in [-0.25, -0.2) is 9.97 Å². The molecule has 2 aliphatic heterocycles. The van der Waals surface area contributed by atoms with Crippen molar-refractivity contribution in [3.05, 3.63) is 46.7 Å². The van der Waals surface area contributed by atoms with Crippen LogP contribution in [0.15, 0.2) is 36.7 Å². The van der Waals surface area contributed by atoms with Crippen LogP contribution in [0.25, 0.3) is 10.9 Å². The first-order valence-corrected chi connectivity index (χ1v) is 11.4. The van der Waals surface area contributed by atoms with Crippen molar-refractivity contribution in [3.63, 3.8) is 0 Å². The van der Waals surface area contributed by atoms with E-state index in [1.807, 2.05) is 18.2 Å². The van der Waals surface area contributed by atoms with E-state index in [0.717, 1.165) is 36.3 Å². The van der Waals surface area contributed by atoms with Crippen LogP contribution in [-0.2, 0) is 4.74 Å². The van der Waals surface area contributed by atoms with Gasteiger partial charge in [-0.2, -0.15) is 0 Å². The third-order valence-corrected chi connectivity index (χ3v) is 6.73. The van der Waals surface area contributed by atoms with Crippen molar-refractivity contribution in [1.29, 1.82) is 0 Å². The van der Waals surface area contributed by atoms with E-state index in [1.165, 1.54) is 19.2 Å². The maximum absolute atomic E-state index is 6.14. The molecular formula is C23H24Cl2N4O3. The molecule has 1 N–H and O–H groups in total. The van der Waals surface area contributed by atoms with Crippen LogP contribution >= 0.6 is 23.2 Å². The standard InChI is InChI=1S/C23H24Cl2N4O3/c1-30-21-8-17-20(26-13-27-23(17)28-14-4-5-18(24)19(25)7-14)9-22(21)32-12-16-10-29-6-2-3-15(29)11-31-16/h4-5,7-9,13,15-16H,2-3,6,10-12H2,1H3,(H,26,27,28)/t15-,16?/m0/s1. The maximum Gasteiger partial charge on any atom is 0.163 e. The normalized spacial score (nSPS) is 20.8. The third-order valence-electron chi connectivity index (χ3n) is 5.99. The summed E-state index contributed by atoms with van der Waals surface area (Å²) in [5.41, 5.74) is 1.51. The Bertz CT molecular complexity index is 1130. The van der Waals surface area contributed by atoms with Crippen LogP contribution in [0, 0.1) is 0 Å². The van der Waals surface area contributed by atoms with Crippen molar-refractivity contribution in [2.45, 2.75) is 25.0 Å². The lowest BCUT2D eigenvalue weighted by molar-refractivity contribution is -0.0655. The number of nitrogens with one attached hydrogen (secondary N) is 1. The summed E-state index contributed by atoms with van der Waals surface area (Å²) in [6, 6.07) is 9.65. The van der Waals surface area contributed by atoms with Crippen molar-refractivity contribution in [2.24, 2.45) is 0 Å². The zero-order chi connectivity index (χ0) is 22.1. The quantitative estimate of drug-likeness (QED) is 0.542. The first-order valence-electron chi connectivity index (χ1n) is 10.6. The zero-order valence-corrected chi connectivity index (χ0v) is 19.2. The topological polar surface area (TPSA) is 68.7 Å². The highest BCUT2D eigenvalue weighted by molar-refractivity contribution is 6.42. The second-order valence-corrected chi connectivity index (χ2v) is 8.87. The van der Waals surface area contributed by atoms with Gasteiger partial charge in [0, 0.05) is 29.7 Å². The molecule has 0 radical (unpaired) electrons. The van der Waals surface area contributed by atoms with E-state index in [4.69, 9.17) is 37.4 Å². The molecular weight excluding hydrogens is 451 g/mol. The molecule has 9 heteroatoms. The molecule has 0 bridgehead atoms. The van der Waals surface area contributed by atoms with Gasteiger partial charge in [0.15, 0.2) is 11.5 Å². The number of morpholine rings is 1. The lowest BCUT2D eigenvalue weighted by atomic mass is 10.2. The summed E-state index contributed by atoms with van der Waals surface area (Å²) >= 11 is 12.2. The van der Waals surface area contributed by atoms with Gasteiger partial charge in [-0.1, -0.05) is 23.2 Å². The Morgan fingerprint density at radius 2 is 2.06 bits per heavy atom.